The largest absolute Gasteiger partial charge is 0.347 e. The number of benzene rings is 3. The van der Waals surface area contributed by atoms with Crippen molar-refractivity contribution in [1.82, 2.24) is 5.32 Å². The average molecular weight is 354 g/mol. The molecule has 4 nitrogen and oxygen atoms in total. The molecule has 132 valence electrons. The fraction of sp³-hybridized carbons (Fsp3) is 0.100. The number of hydrogen-bond acceptors (Lipinski definition) is 2. The van der Waals surface area contributed by atoms with E-state index in [0.29, 0.717) is 6.07 Å². The first kappa shape index (κ1) is 17.5. The summed E-state index contributed by atoms with van der Waals surface area (Å²) in [4.78, 5) is 23.9. The van der Waals surface area contributed by atoms with E-state index in [1.54, 1.807) is 0 Å². The van der Waals surface area contributed by atoms with E-state index in [2.05, 4.69) is 10.6 Å². The first-order valence-electron chi connectivity index (χ1n) is 8.01. The lowest BCUT2D eigenvalue weighted by molar-refractivity contribution is -0.123. The van der Waals surface area contributed by atoms with Gasteiger partial charge in [0.1, 0.15) is 11.6 Å². The molecule has 0 aliphatic heterocycles. The highest BCUT2D eigenvalue weighted by atomic mass is 19.1. The molecule has 3 aromatic rings. The Balaban J connectivity index is 1.57. The molecule has 0 bridgehead atoms. The second-order valence-electron chi connectivity index (χ2n) is 5.76. The van der Waals surface area contributed by atoms with E-state index in [1.807, 2.05) is 42.5 Å². The monoisotopic (exact) mass is 354 g/mol. The summed E-state index contributed by atoms with van der Waals surface area (Å²) in [5, 5.41) is 6.80. The maximum atomic E-state index is 13.5. The van der Waals surface area contributed by atoms with Crippen LogP contribution in [0.1, 0.15) is 5.56 Å². The van der Waals surface area contributed by atoms with Crippen molar-refractivity contribution in [1.29, 1.82) is 0 Å². The van der Waals surface area contributed by atoms with Crippen LogP contribution in [0.3, 0.4) is 0 Å². The topological polar surface area (TPSA) is 58.2 Å². The van der Waals surface area contributed by atoms with Crippen molar-refractivity contribution in [3.8, 4) is 0 Å². The number of carbonyl (C=O) groups excluding carboxylic acids is 2. The van der Waals surface area contributed by atoms with Gasteiger partial charge in [-0.15, -0.1) is 0 Å². The standard InChI is InChI=1S/C20H16F2N2O2/c21-15-8-9-18(17(22)11-15)24-20(26)12-23-19(25)10-14-6-3-5-13-4-1-2-7-16(13)14/h1-9,11H,10,12H2,(H,23,25)(H,24,26). The maximum absolute atomic E-state index is 13.5. The lowest BCUT2D eigenvalue weighted by atomic mass is 10.0. The van der Waals surface area contributed by atoms with Gasteiger partial charge < -0.3 is 10.6 Å². The Hall–Kier alpha value is -3.28. The predicted molar refractivity (Wildman–Crippen MR) is 95.6 cm³/mol. The molecule has 0 spiro atoms. The lowest BCUT2D eigenvalue weighted by Crippen LogP contribution is -2.34. The fourth-order valence-electron chi connectivity index (χ4n) is 2.65. The van der Waals surface area contributed by atoms with Crippen molar-refractivity contribution >= 4 is 28.3 Å². The molecule has 0 unspecified atom stereocenters. The molecule has 0 aliphatic rings. The van der Waals surface area contributed by atoms with Crippen molar-refractivity contribution in [2.75, 3.05) is 11.9 Å². The summed E-state index contributed by atoms with van der Waals surface area (Å²) < 4.78 is 26.4. The van der Waals surface area contributed by atoms with Crippen LogP contribution in [0.15, 0.2) is 60.7 Å². The zero-order chi connectivity index (χ0) is 18.5. The molecule has 3 aromatic carbocycles. The number of anilines is 1. The Morgan fingerprint density at radius 2 is 1.65 bits per heavy atom. The van der Waals surface area contributed by atoms with Crippen LogP contribution in [0.25, 0.3) is 10.8 Å². The first-order chi connectivity index (χ1) is 12.5. The lowest BCUT2D eigenvalue weighted by Gasteiger charge is -2.09. The van der Waals surface area contributed by atoms with Crippen molar-refractivity contribution in [2.24, 2.45) is 0 Å². The number of halogens is 2. The Morgan fingerprint density at radius 1 is 0.885 bits per heavy atom. The van der Waals surface area contributed by atoms with Crippen LogP contribution in [0, 0.1) is 11.6 Å². The van der Waals surface area contributed by atoms with Crippen LogP contribution in [0.5, 0.6) is 0 Å². The molecule has 0 atom stereocenters. The molecule has 3 rings (SSSR count). The van der Waals surface area contributed by atoms with Crippen LogP contribution in [0.4, 0.5) is 14.5 Å². The Bertz CT molecular complexity index is 968. The summed E-state index contributed by atoms with van der Waals surface area (Å²) in [5.41, 5.74) is 0.713. The van der Waals surface area contributed by atoms with Gasteiger partial charge in [-0.1, -0.05) is 42.5 Å². The van der Waals surface area contributed by atoms with Gasteiger partial charge >= 0.3 is 0 Å². The molecule has 0 fully saturated rings. The highest BCUT2D eigenvalue weighted by molar-refractivity contribution is 5.95. The number of fused-ring (bicyclic) bond motifs is 1. The quantitative estimate of drug-likeness (QED) is 0.738. The first-order valence-corrected chi connectivity index (χ1v) is 8.01. The van der Waals surface area contributed by atoms with Gasteiger partial charge in [0.2, 0.25) is 11.8 Å². The summed E-state index contributed by atoms with van der Waals surface area (Å²) in [5.74, 6) is -2.53. The van der Waals surface area contributed by atoms with Gasteiger partial charge in [-0.3, -0.25) is 9.59 Å². The van der Waals surface area contributed by atoms with Crippen LogP contribution >= 0.6 is 0 Å². The molecule has 0 aliphatic carbocycles. The van der Waals surface area contributed by atoms with E-state index in [1.165, 1.54) is 0 Å². The van der Waals surface area contributed by atoms with Crippen LogP contribution in [-0.4, -0.2) is 18.4 Å². The minimum atomic E-state index is -0.875. The summed E-state index contributed by atoms with van der Waals surface area (Å²) in [7, 11) is 0. The number of hydrogen-bond donors (Lipinski definition) is 2. The Kier molecular flexibility index (Phi) is 5.22. The van der Waals surface area contributed by atoms with Crippen molar-refractivity contribution in [3.63, 3.8) is 0 Å². The van der Waals surface area contributed by atoms with E-state index in [0.717, 1.165) is 28.5 Å². The number of amides is 2. The van der Waals surface area contributed by atoms with E-state index in [4.69, 9.17) is 0 Å². The van der Waals surface area contributed by atoms with Gasteiger partial charge in [0.25, 0.3) is 0 Å². The normalized spacial score (nSPS) is 10.5. The van der Waals surface area contributed by atoms with Gasteiger partial charge in [0.05, 0.1) is 18.7 Å². The Labute approximate surface area is 148 Å². The molecular weight excluding hydrogens is 338 g/mol. The SMILES string of the molecule is O=C(Cc1cccc2ccccc12)NCC(=O)Nc1ccc(F)cc1F. The molecular formula is C20H16F2N2O2. The van der Waals surface area contributed by atoms with Gasteiger partial charge in [-0.05, 0) is 28.5 Å². The number of nitrogens with one attached hydrogen (secondary N) is 2. The van der Waals surface area contributed by atoms with E-state index in [-0.39, 0.29) is 24.6 Å². The zero-order valence-corrected chi connectivity index (χ0v) is 13.8. The zero-order valence-electron chi connectivity index (χ0n) is 13.8. The van der Waals surface area contributed by atoms with Gasteiger partial charge in [-0.2, -0.15) is 0 Å². The minimum absolute atomic E-state index is 0.125. The molecule has 6 heteroatoms. The van der Waals surface area contributed by atoms with E-state index in [9.17, 15) is 18.4 Å². The molecule has 0 aromatic heterocycles. The predicted octanol–water partition coefficient (Wildman–Crippen LogP) is 3.42. The van der Waals surface area contributed by atoms with Crippen LogP contribution in [-0.2, 0) is 16.0 Å². The van der Waals surface area contributed by atoms with Gasteiger partial charge in [0.15, 0.2) is 0 Å². The van der Waals surface area contributed by atoms with Crippen molar-refractivity contribution in [3.05, 3.63) is 77.9 Å². The molecule has 26 heavy (non-hydrogen) atoms. The smallest absolute Gasteiger partial charge is 0.243 e. The fourth-order valence-corrected chi connectivity index (χ4v) is 2.65. The van der Waals surface area contributed by atoms with Crippen molar-refractivity contribution in [2.45, 2.75) is 6.42 Å². The van der Waals surface area contributed by atoms with Crippen molar-refractivity contribution < 1.29 is 18.4 Å². The summed E-state index contributed by atoms with van der Waals surface area (Å²) in [6.07, 6.45) is 0.125. The average Bonchev–Trinajstić information content (AvgIpc) is 2.63. The molecule has 0 saturated carbocycles. The van der Waals surface area contributed by atoms with Gasteiger partial charge in [-0.25, -0.2) is 8.78 Å². The van der Waals surface area contributed by atoms with Crippen LogP contribution < -0.4 is 10.6 Å². The maximum Gasteiger partial charge on any atom is 0.243 e. The van der Waals surface area contributed by atoms with Crippen LogP contribution in [0.2, 0.25) is 0 Å². The molecule has 2 N–H and O–H groups in total. The highest BCUT2D eigenvalue weighted by Gasteiger charge is 2.11. The van der Waals surface area contributed by atoms with E-state index >= 15 is 0 Å². The summed E-state index contributed by atoms with van der Waals surface area (Å²) in [6, 6.07) is 16.2. The van der Waals surface area contributed by atoms with E-state index < -0.39 is 17.5 Å². The third-order valence-electron chi connectivity index (χ3n) is 3.88. The molecule has 2 amide bonds. The molecule has 0 radical (unpaired) electrons. The third-order valence-corrected chi connectivity index (χ3v) is 3.88. The second-order valence-corrected chi connectivity index (χ2v) is 5.76. The molecule has 0 saturated heterocycles. The number of carbonyl (C=O) groups is 2. The number of rotatable bonds is 5. The summed E-state index contributed by atoms with van der Waals surface area (Å²) in [6.45, 7) is -0.305. The van der Waals surface area contributed by atoms with Gasteiger partial charge in [0, 0.05) is 6.07 Å². The summed E-state index contributed by atoms with van der Waals surface area (Å²) >= 11 is 0. The minimum Gasteiger partial charge on any atom is -0.347 e. The Morgan fingerprint density at radius 3 is 2.46 bits per heavy atom. The molecule has 0 heterocycles. The third kappa shape index (κ3) is 4.22. The second kappa shape index (κ2) is 7.74. The highest BCUT2D eigenvalue weighted by Crippen LogP contribution is 2.19.